The fourth-order valence-electron chi connectivity index (χ4n) is 1.04. The van der Waals surface area contributed by atoms with E-state index in [1.165, 1.54) is 0 Å². The third kappa shape index (κ3) is 3.90. The zero-order valence-corrected chi connectivity index (χ0v) is 9.93. The third-order valence-electron chi connectivity index (χ3n) is 1.57. The smallest absolute Gasteiger partial charge is 0.419 e. The van der Waals surface area contributed by atoms with Crippen molar-refractivity contribution in [2.24, 2.45) is 0 Å². The van der Waals surface area contributed by atoms with Gasteiger partial charge in [0.2, 0.25) is 0 Å². The van der Waals surface area contributed by atoms with E-state index in [1.54, 1.807) is 24.3 Å². The Labute approximate surface area is 101 Å². The van der Waals surface area contributed by atoms with Crippen LogP contribution in [0.15, 0.2) is 38.3 Å². The van der Waals surface area contributed by atoms with Gasteiger partial charge in [0.25, 0.3) is 0 Å². The number of halogens is 2. The van der Waals surface area contributed by atoms with Gasteiger partial charge >= 0.3 is 11.4 Å². The number of nitrogens with one attached hydrogen (secondary N) is 1. The quantitative estimate of drug-likeness (QED) is 0.742. The van der Waals surface area contributed by atoms with Gasteiger partial charge < -0.3 is 8.97 Å². The molecule has 0 spiro atoms. The summed E-state index contributed by atoms with van der Waals surface area (Å²) in [5.74, 6) is -0.723. The molecule has 1 N–H and O–H groups in total. The molecule has 1 aromatic heterocycles. The predicted molar refractivity (Wildman–Crippen MR) is 63.0 cm³/mol. The van der Waals surface area contributed by atoms with E-state index in [0.717, 1.165) is 0 Å². The largest absolute Gasteiger partial charge is 0.582 e. The van der Waals surface area contributed by atoms with Crippen molar-refractivity contribution < 1.29 is 8.97 Å². The van der Waals surface area contributed by atoms with Crippen LogP contribution in [0.5, 0.6) is 0 Å². The van der Waals surface area contributed by atoms with E-state index in [9.17, 15) is 9.59 Å². The van der Waals surface area contributed by atoms with Crippen LogP contribution in [0, 0.1) is 0 Å². The molecule has 8 heteroatoms. The zero-order chi connectivity index (χ0) is 12.1. The number of hydrogen-bond donors (Lipinski definition) is 1. The highest BCUT2D eigenvalue weighted by Crippen LogP contribution is 2.01. The molecule has 0 fully saturated rings. The monoisotopic (exact) mass is 281 g/mol. The van der Waals surface area contributed by atoms with Crippen LogP contribution in [0.1, 0.15) is 0 Å². The molecule has 0 bridgehead atoms. The summed E-state index contributed by atoms with van der Waals surface area (Å²) in [6.07, 6.45) is 0. The van der Waals surface area contributed by atoms with Gasteiger partial charge in [0.05, 0.1) is 10.9 Å². The summed E-state index contributed by atoms with van der Waals surface area (Å²) in [5.41, 5.74) is -0.104. The Morgan fingerprint density at radius 2 is 1.81 bits per heavy atom. The van der Waals surface area contributed by atoms with Gasteiger partial charge in [-0.15, -0.1) is 0 Å². The molecule has 0 saturated heterocycles. The summed E-state index contributed by atoms with van der Waals surface area (Å²) < 4.78 is 13.4. The van der Waals surface area contributed by atoms with Gasteiger partial charge in [-0.3, -0.25) is 4.98 Å². The van der Waals surface area contributed by atoms with Crippen LogP contribution in [-0.2, 0) is 9.60 Å². The molecule has 86 valence electrons. The SMILES string of the molecule is O=c1[nH]c2ccccc2c(=O)o1.[O-][S+](Cl)Cl. The summed E-state index contributed by atoms with van der Waals surface area (Å²) in [6, 6.07) is 6.68. The van der Waals surface area contributed by atoms with Crippen molar-refractivity contribution in [2.75, 3.05) is 0 Å². The van der Waals surface area contributed by atoms with Crippen molar-refractivity contribution in [1.82, 2.24) is 4.98 Å². The minimum Gasteiger partial charge on any atom is -0.582 e. The Morgan fingerprint density at radius 3 is 2.44 bits per heavy atom. The maximum absolute atomic E-state index is 11.0. The number of rotatable bonds is 0. The van der Waals surface area contributed by atoms with Crippen LogP contribution in [-0.4, -0.2) is 9.54 Å². The lowest BCUT2D eigenvalue weighted by molar-refractivity contribution is 0.460. The first kappa shape index (κ1) is 13.1. The molecule has 1 heterocycles. The molecular weight excluding hydrogens is 277 g/mol. The van der Waals surface area contributed by atoms with E-state index in [4.69, 9.17) is 4.55 Å². The van der Waals surface area contributed by atoms with Gasteiger partial charge in [-0.1, -0.05) is 12.1 Å². The van der Waals surface area contributed by atoms with Crippen LogP contribution in [0.3, 0.4) is 0 Å². The molecule has 16 heavy (non-hydrogen) atoms. The minimum absolute atomic E-state index is 0.386. The standard InChI is InChI=1S/C8H5NO3.Cl2OS/c10-7-5-3-1-2-4-6(5)9-8(11)12-7;1-4(2)3/h1-4H,(H,9,11);. The molecular formula is C8H5Cl2NO4S. The highest BCUT2D eigenvalue weighted by molar-refractivity contribution is 8.31. The molecule has 1 aromatic carbocycles. The first-order chi connectivity index (χ1) is 7.50. The molecule has 0 atom stereocenters. The van der Waals surface area contributed by atoms with Crippen LogP contribution >= 0.6 is 21.4 Å². The fraction of sp³-hybridized carbons (Fsp3) is 0. The Morgan fingerprint density at radius 1 is 1.25 bits per heavy atom. The third-order valence-corrected chi connectivity index (χ3v) is 1.57. The van der Waals surface area contributed by atoms with Crippen LogP contribution in [0.2, 0.25) is 0 Å². The molecule has 2 aromatic rings. The Hall–Kier alpha value is -0.950. The van der Waals surface area contributed by atoms with E-state index in [-0.39, 0.29) is 0 Å². The lowest BCUT2D eigenvalue weighted by atomic mass is 10.2. The molecule has 5 nitrogen and oxygen atoms in total. The van der Waals surface area contributed by atoms with Crippen LogP contribution < -0.4 is 11.4 Å². The molecule has 0 saturated carbocycles. The summed E-state index contributed by atoms with van der Waals surface area (Å²) >= 11 is 0. The average Bonchev–Trinajstić information content (AvgIpc) is 2.16. The molecule has 0 amide bonds. The van der Waals surface area contributed by atoms with Crippen molar-refractivity contribution in [3.63, 3.8) is 0 Å². The summed E-state index contributed by atoms with van der Waals surface area (Å²) in [7, 11) is 7.36. The van der Waals surface area contributed by atoms with Crippen molar-refractivity contribution in [3.8, 4) is 0 Å². The highest BCUT2D eigenvalue weighted by atomic mass is 36.0. The van der Waals surface area contributed by atoms with Crippen molar-refractivity contribution >= 4 is 41.9 Å². The Bertz CT molecular complexity index is 577. The average molecular weight is 282 g/mol. The van der Waals surface area contributed by atoms with Crippen molar-refractivity contribution in [2.45, 2.75) is 0 Å². The number of aromatic amines is 1. The fourth-order valence-corrected chi connectivity index (χ4v) is 1.04. The topological polar surface area (TPSA) is 86.1 Å². The number of para-hydroxylation sites is 1. The van der Waals surface area contributed by atoms with Gasteiger partial charge in [-0.05, 0) is 12.1 Å². The van der Waals surface area contributed by atoms with E-state index in [0.29, 0.717) is 10.9 Å². The number of H-pyrrole nitrogens is 1. The van der Waals surface area contributed by atoms with E-state index in [2.05, 4.69) is 30.8 Å². The maximum atomic E-state index is 11.0. The zero-order valence-electron chi connectivity index (χ0n) is 7.61. The Kier molecular flexibility index (Phi) is 4.88. The minimum atomic E-state index is -1.67. The van der Waals surface area contributed by atoms with Crippen LogP contribution in [0.25, 0.3) is 10.9 Å². The normalized spacial score (nSPS) is 10.0. The van der Waals surface area contributed by atoms with Gasteiger partial charge in [-0.25, -0.2) is 9.59 Å². The predicted octanol–water partition coefficient (Wildman–Crippen LogP) is 1.52. The number of aromatic nitrogens is 1. The lowest BCUT2D eigenvalue weighted by Crippen LogP contribution is -2.13. The van der Waals surface area contributed by atoms with Crippen LogP contribution in [0.4, 0.5) is 0 Å². The first-order valence-corrected chi connectivity index (χ1v) is 6.67. The van der Waals surface area contributed by atoms with Gasteiger partial charge in [0.1, 0.15) is 0 Å². The highest BCUT2D eigenvalue weighted by Gasteiger charge is 1.98. The van der Waals surface area contributed by atoms with E-state index < -0.39 is 21.0 Å². The Balaban J connectivity index is 0.000000280. The molecule has 0 aliphatic carbocycles. The van der Waals surface area contributed by atoms with E-state index >= 15 is 0 Å². The number of fused-ring (bicyclic) bond motifs is 1. The lowest BCUT2D eigenvalue weighted by Gasteiger charge is -1.91. The maximum Gasteiger partial charge on any atom is 0.419 e. The second-order valence-electron chi connectivity index (χ2n) is 2.53. The summed E-state index contributed by atoms with van der Waals surface area (Å²) in [6.45, 7) is 0. The summed E-state index contributed by atoms with van der Waals surface area (Å²) in [5, 5.41) is 0.386. The van der Waals surface area contributed by atoms with Crippen molar-refractivity contribution in [3.05, 3.63) is 45.2 Å². The number of hydrogen-bond acceptors (Lipinski definition) is 4. The molecule has 0 unspecified atom stereocenters. The molecule has 0 radical (unpaired) electrons. The second kappa shape index (κ2) is 5.95. The van der Waals surface area contributed by atoms with Gasteiger partial charge in [0, 0.05) is 0 Å². The summed E-state index contributed by atoms with van der Waals surface area (Å²) in [4.78, 5) is 24.1. The van der Waals surface area contributed by atoms with Gasteiger partial charge in [-0.2, -0.15) is 0 Å². The van der Waals surface area contributed by atoms with E-state index in [1.807, 2.05) is 0 Å². The molecule has 0 aliphatic rings. The molecule has 0 aliphatic heterocycles. The number of benzene rings is 1. The van der Waals surface area contributed by atoms with Gasteiger partial charge in [0.15, 0.2) is 31.0 Å². The first-order valence-electron chi connectivity index (χ1n) is 3.87. The second-order valence-corrected chi connectivity index (χ2v) is 5.06. The van der Waals surface area contributed by atoms with Crippen molar-refractivity contribution in [1.29, 1.82) is 0 Å². The molecule has 2 rings (SSSR count).